The first-order valence-electron chi connectivity index (χ1n) is 7.69. The molecular formula is C20H19N3O. The van der Waals surface area contributed by atoms with Gasteiger partial charge in [0.25, 0.3) is 0 Å². The van der Waals surface area contributed by atoms with Gasteiger partial charge in [0.05, 0.1) is 17.1 Å². The Morgan fingerprint density at radius 2 is 1.96 bits per heavy atom. The van der Waals surface area contributed by atoms with Crippen molar-refractivity contribution < 1.29 is 5.11 Å². The van der Waals surface area contributed by atoms with E-state index < -0.39 is 0 Å². The molecule has 0 bridgehead atoms. The molecule has 4 heteroatoms. The third kappa shape index (κ3) is 3.13. The number of aromatic nitrogens is 1. The summed E-state index contributed by atoms with van der Waals surface area (Å²) in [6, 6.07) is 15.4. The van der Waals surface area contributed by atoms with E-state index in [0.29, 0.717) is 11.3 Å². The Hall–Kier alpha value is -3.14. The minimum absolute atomic E-state index is 0.175. The van der Waals surface area contributed by atoms with E-state index in [9.17, 15) is 5.11 Å². The van der Waals surface area contributed by atoms with Gasteiger partial charge in [0.2, 0.25) is 0 Å². The number of hydrogen-bond acceptors (Lipinski definition) is 4. The van der Waals surface area contributed by atoms with E-state index in [1.807, 2.05) is 56.3 Å². The molecule has 120 valence electrons. The van der Waals surface area contributed by atoms with Gasteiger partial charge in [-0.1, -0.05) is 42.5 Å². The summed E-state index contributed by atoms with van der Waals surface area (Å²) in [5, 5.41) is 16.5. The first kappa shape index (κ1) is 15.7. The van der Waals surface area contributed by atoms with Crippen LogP contribution in [0.5, 0.6) is 5.75 Å². The molecule has 0 aliphatic carbocycles. The molecule has 2 aromatic carbocycles. The fourth-order valence-electron chi connectivity index (χ4n) is 2.56. The number of phenolic OH excluding ortho intramolecular Hbond substituents is 1. The van der Waals surface area contributed by atoms with E-state index in [-0.39, 0.29) is 5.75 Å². The summed E-state index contributed by atoms with van der Waals surface area (Å²) in [5.74, 6) is 0.175. The number of hydrogen-bond donors (Lipinski definition) is 2. The Labute approximate surface area is 141 Å². The van der Waals surface area contributed by atoms with Crippen LogP contribution in [0.1, 0.15) is 23.7 Å². The van der Waals surface area contributed by atoms with Gasteiger partial charge in [-0.15, -0.1) is 0 Å². The average Bonchev–Trinajstić information content (AvgIpc) is 2.61. The van der Waals surface area contributed by atoms with Crippen molar-refractivity contribution in [1.29, 1.82) is 0 Å². The second-order valence-electron chi connectivity index (χ2n) is 5.69. The fraction of sp³-hybridized carbons (Fsp3) is 0.100. The van der Waals surface area contributed by atoms with Gasteiger partial charge in [0.1, 0.15) is 5.75 Å². The maximum atomic E-state index is 9.97. The zero-order valence-corrected chi connectivity index (χ0v) is 13.7. The molecule has 24 heavy (non-hydrogen) atoms. The van der Waals surface area contributed by atoms with Crippen LogP contribution in [0, 0.1) is 6.92 Å². The zero-order valence-electron chi connectivity index (χ0n) is 13.7. The molecule has 0 unspecified atom stereocenters. The van der Waals surface area contributed by atoms with Crippen molar-refractivity contribution in [2.75, 3.05) is 0 Å². The molecule has 0 radical (unpaired) electrons. The highest BCUT2D eigenvalue weighted by atomic mass is 16.3. The minimum atomic E-state index is 0.175. The lowest BCUT2D eigenvalue weighted by Gasteiger charge is -2.10. The molecule has 0 amide bonds. The largest absolute Gasteiger partial charge is 0.507 e. The third-order valence-electron chi connectivity index (χ3n) is 3.85. The number of rotatable bonds is 4. The second kappa shape index (κ2) is 6.54. The Kier molecular flexibility index (Phi) is 4.29. The van der Waals surface area contributed by atoms with Crippen molar-refractivity contribution in [2.45, 2.75) is 13.8 Å². The molecular weight excluding hydrogens is 298 g/mol. The van der Waals surface area contributed by atoms with Crippen molar-refractivity contribution in [3.05, 3.63) is 78.1 Å². The van der Waals surface area contributed by atoms with Crippen LogP contribution in [0.2, 0.25) is 0 Å². The first-order valence-corrected chi connectivity index (χ1v) is 7.69. The van der Waals surface area contributed by atoms with E-state index in [0.717, 1.165) is 27.7 Å². The SMILES string of the molecule is C=C(N/N=C(\C)c1nccc2ccccc12)c1cc(C)ccc1O. The monoisotopic (exact) mass is 317 g/mol. The van der Waals surface area contributed by atoms with Crippen LogP contribution in [0.25, 0.3) is 16.5 Å². The van der Waals surface area contributed by atoms with Gasteiger partial charge in [-0.25, -0.2) is 0 Å². The predicted octanol–water partition coefficient (Wildman–Crippen LogP) is 4.23. The smallest absolute Gasteiger partial charge is 0.124 e. The fourth-order valence-corrected chi connectivity index (χ4v) is 2.56. The number of nitrogens with zero attached hydrogens (tertiary/aromatic N) is 2. The van der Waals surface area contributed by atoms with Crippen LogP contribution in [0.3, 0.4) is 0 Å². The minimum Gasteiger partial charge on any atom is -0.507 e. The van der Waals surface area contributed by atoms with Gasteiger partial charge in [0, 0.05) is 17.1 Å². The molecule has 0 atom stereocenters. The number of aromatic hydroxyl groups is 1. The molecule has 2 N–H and O–H groups in total. The maximum Gasteiger partial charge on any atom is 0.124 e. The first-order chi connectivity index (χ1) is 11.6. The number of pyridine rings is 1. The molecule has 1 aromatic heterocycles. The van der Waals surface area contributed by atoms with Crippen molar-refractivity contribution in [3.63, 3.8) is 0 Å². The Balaban J connectivity index is 1.88. The number of benzene rings is 2. The average molecular weight is 317 g/mol. The summed E-state index contributed by atoms with van der Waals surface area (Å²) in [6.45, 7) is 7.81. The van der Waals surface area contributed by atoms with E-state index in [1.54, 1.807) is 12.3 Å². The predicted molar refractivity (Wildman–Crippen MR) is 99.0 cm³/mol. The van der Waals surface area contributed by atoms with Gasteiger partial charge in [-0.05, 0) is 37.4 Å². The Morgan fingerprint density at radius 1 is 1.17 bits per heavy atom. The third-order valence-corrected chi connectivity index (χ3v) is 3.85. The van der Waals surface area contributed by atoms with Crippen molar-refractivity contribution in [2.24, 2.45) is 5.10 Å². The Bertz CT molecular complexity index is 939. The number of phenols is 1. The normalized spacial score (nSPS) is 11.5. The Morgan fingerprint density at radius 3 is 2.79 bits per heavy atom. The highest BCUT2D eigenvalue weighted by Gasteiger charge is 2.07. The second-order valence-corrected chi connectivity index (χ2v) is 5.69. The van der Waals surface area contributed by atoms with Crippen molar-refractivity contribution in [3.8, 4) is 5.75 Å². The summed E-state index contributed by atoms with van der Waals surface area (Å²) in [7, 11) is 0. The van der Waals surface area contributed by atoms with Crippen molar-refractivity contribution >= 4 is 22.2 Å². The lowest BCUT2D eigenvalue weighted by Crippen LogP contribution is -2.09. The summed E-state index contributed by atoms with van der Waals surface area (Å²) < 4.78 is 0. The standard InChI is InChI=1S/C20H19N3O/c1-13-8-9-19(24)18(12-13)14(2)22-23-15(3)20-17-7-5-4-6-16(17)10-11-21-20/h4-12,22,24H,2H2,1,3H3/b23-15+. The lowest BCUT2D eigenvalue weighted by molar-refractivity contribution is 0.473. The number of fused-ring (bicyclic) bond motifs is 1. The number of aryl methyl sites for hydroxylation is 1. The van der Waals surface area contributed by atoms with Crippen molar-refractivity contribution in [1.82, 2.24) is 10.4 Å². The molecule has 0 saturated heterocycles. The van der Waals surface area contributed by atoms with E-state index in [4.69, 9.17) is 0 Å². The molecule has 3 aromatic rings. The summed E-state index contributed by atoms with van der Waals surface area (Å²) in [4.78, 5) is 4.44. The van der Waals surface area contributed by atoms with Crippen LogP contribution in [-0.2, 0) is 0 Å². The molecule has 3 rings (SSSR count). The molecule has 0 aliphatic rings. The summed E-state index contributed by atoms with van der Waals surface area (Å²) in [5.41, 5.74) is 6.71. The van der Waals surface area contributed by atoms with Gasteiger partial charge >= 0.3 is 0 Å². The van der Waals surface area contributed by atoms with Crippen LogP contribution in [0.15, 0.2) is 66.4 Å². The lowest BCUT2D eigenvalue weighted by atomic mass is 10.1. The molecule has 0 aliphatic heterocycles. The van der Waals surface area contributed by atoms with Crippen LogP contribution < -0.4 is 5.43 Å². The van der Waals surface area contributed by atoms with Gasteiger partial charge in [0.15, 0.2) is 0 Å². The summed E-state index contributed by atoms with van der Waals surface area (Å²) in [6.07, 6.45) is 1.78. The zero-order chi connectivity index (χ0) is 17.1. The quantitative estimate of drug-likeness (QED) is 0.559. The molecule has 0 fully saturated rings. The highest BCUT2D eigenvalue weighted by molar-refractivity contribution is 6.07. The van der Waals surface area contributed by atoms with Crippen LogP contribution >= 0.6 is 0 Å². The summed E-state index contributed by atoms with van der Waals surface area (Å²) >= 11 is 0. The van der Waals surface area contributed by atoms with E-state index in [2.05, 4.69) is 22.1 Å². The number of hydrazone groups is 1. The molecule has 0 spiro atoms. The van der Waals surface area contributed by atoms with E-state index in [1.165, 1.54) is 0 Å². The topological polar surface area (TPSA) is 57.5 Å². The van der Waals surface area contributed by atoms with Gasteiger partial charge < -0.3 is 5.11 Å². The highest BCUT2D eigenvalue weighted by Crippen LogP contribution is 2.23. The van der Waals surface area contributed by atoms with E-state index >= 15 is 0 Å². The van der Waals surface area contributed by atoms with Gasteiger partial charge in [-0.3, -0.25) is 10.4 Å². The molecule has 1 heterocycles. The maximum absolute atomic E-state index is 9.97. The number of nitrogens with one attached hydrogen (secondary N) is 1. The molecule has 0 saturated carbocycles. The van der Waals surface area contributed by atoms with Gasteiger partial charge in [-0.2, -0.15) is 5.10 Å². The van der Waals surface area contributed by atoms with Crippen LogP contribution in [-0.4, -0.2) is 15.8 Å². The molecule has 4 nitrogen and oxygen atoms in total. The van der Waals surface area contributed by atoms with Crippen LogP contribution in [0.4, 0.5) is 0 Å².